The van der Waals surface area contributed by atoms with Crippen molar-refractivity contribution in [3.63, 3.8) is 0 Å². The molecule has 6 nitrogen and oxygen atoms in total. The second kappa shape index (κ2) is 6.42. The Balaban J connectivity index is 1.62. The number of hydrogen-bond donors (Lipinski definition) is 0. The Morgan fingerprint density at radius 1 is 1.35 bits per heavy atom. The molecule has 122 valence electrons. The van der Waals surface area contributed by atoms with E-state index in [1.807, 2.05) is 18.2 Å². The first-order valence-corrected chi connectivity index (χ1v) is 7.49. The molecule has 6 heteroatoms. The number of Topliss-reactive ketones (excluding diaryl/α,β-unsaturated/α-hetero) is 1. The lowest BCUT2D eigenvalue weighted by molar-refractivity contribution is -0.133. The third-order valence-corrected chi connectivity index (χ3v) is 4.19. The van der Waals surface area contributed by atoms with Gasteiger partial charge in [-0.15, -0.1) is 0 Å². The van der Waals surface area contributed by atoms with Crippen LogP contribution in [0, 0.1) is 0 Å². The summed E-state index contributed by atoms with van der Waals surface area (Å²) in [5.74, 6) is 0.770. The smallest absolute Gasteiger partial charge is 0.497 e. The number of benzene rings is 1. The van der Waals surface area contributed by atoms with E-state index >= 15 is 0 Å². The van der Waals surface area contributed by atoms with Crippen LogP contribution in [0.25, 0.3) is 11.6 Å². The van der Waals surface area contributed by atoms with E-state index in [4.69, 9.17) is 9.47 Å². The predicted octanol–water partition coefficient (Wildman–Crippen LogP) is 1.98. The monoisotopic (exact) mass is 317 g/mol. The summed E-state index contributed by atoms with van der Waals surface area (Å²) in [4.78, 5) is 25.2. The average molecular weight is 317 g/mol. The van der Waals surface area contributed by atoms with Gasteiger partial charge in [-0.2, -0.15) is 0 Å². The minimum Gasteiger partial charge on any atom is -0.497 e. The van der Waals surface area contributed by atoms with Crippen LogP contribution < -0.4 is 4.74 Å². The molecule has 1 aromatic carbocycles. The second-order valence-corrected chi connectivity index (χ2v) is 5.63. The molecule has 1 aliphatic carbocycles. The van der Waals surface area contributed by atoms with Crippen LogP contribution in [0.5, 0.6) is 5.75 Å². The quantitative estimate of drug-likeness (QED) is 0.791. The highest BCUT2D eigenvalue weighted by molar-refractivity contribution is 5.96. The molecular weight excluding hydrogens is 298 g/mol. The van der Waals surface area contributed by atoms with Crippen LogP contribution in [0.2, 0.25) is 0 Å². The summed E-state index contributed by atoms with van der Waals surface area (Å²) in [5.41, 5.74) is 3.56. The van der Waals surface area contributed by atoms with Gasteiger partial charge in [-0.3, -0.25) is 9.69 Å². The van der Waals surface area contributed by atoms with Gasteiger partial charge in [0.25, 0.3) is 0 Å². The number of nitrogens with zero attached hydrogens (tertiary/aromatic N) is 1. The van der Waals surface area contributed by atoms with Crippen LogP contribution in [-0.4, -0.2) is 56.8 Å². The van der Waals surface area contributed by atoms with Gasteiger partial charge in [-0.1, -0.05) is 6.07 Å². The fourth-order valence-electron chi connectivity index (χ4n) is 2.89. The van der Waals surface area contributed by atoms with Gasteiger partial charge in [0.15, 0.2) is 11.9 Å². The molecule has 1 saturated heterocycles. The van der Waals surface area contributed by atoms with Crippen LogP contribution >= 0.6 is 0 Å². The second-order valence-electron chi connectivity index (χ2n) is 5.63. The van der Waals surface area contributed by atoms with Crippen molar-refractivity contribution in [1.82, 2.24) is 4.90 Å². The fraction of sp³-hybridized carbons (Fsp3) is 0.412. The van der Waals surface area contributed by atoms with Crippen molar-refractivity contribution in [3.05, 3.63) is 29.3 Å². The molecule has 2 aliphatic rings. The Labute approximate surface area is 134 Å². The lowest BCUT2D eigenvalue weighted by Gasteiger charge is -2.33. The van der Waals surface area contributed by atoms with Gasteiger partial charge in [-0.25, -0.2) is 4.79 Å². The molecule has 3 rings (SSSR count). The zero-order valence-corrected chi connectivity index (χ0v) is 13.2. The number of hydrogen-bond acceptors (Lipinski definition) is 6. The Morgan fingerprint density at radius 2 is 2.17 bits per heavy atom. The number of methoxy groups -OCH3 is 2. The summed E-state index contributed by atoms with van der Waals surface area (Å²) >= 11 is 0. The van der Waals surface area contributed by atoms with Crippen molar-refractivity contribution < 1.29 is 23.8 Å². The molecule has 1 fully saturated rings. The van der Waals surface area contributed by atoms with E-state index in [9.17, 15) is 9.59 Å². The lowest BCUT2D eigenvalue weighted by atomic mass is 9.87. The first-order chi connectivity index (χ1) is 11.1. The summed E-state index contributed by atoms with van der Waals surface area (Å²) in [6, 6.07) is 5.98. The Morgan fingerprint density at radius 3 is 2.91 bits per heavy atom. The standard InChI is InChI=1S/C17H19NO5/c1-21-13-4-3-11-7-12(14(11)8-13)9-18-6-5-15(19)16(10-18)23-17(20)22-2/h3-4,7-8,16H,5-6,9-10H2,1-2H3. The van der Waals surface area contributed by atoms with Crippen LogP contribution in [0.15, 0.2) is 18.2 Å². The van der Waals surface area contributed by atoms with E-state index in [1.54, 1.807) is 7.11 Å². The molecule has 0 radical (unpaired) electrons. The third-order valence-electron chi connectivity index (χ3n) is 4.19. The normalized spacial score (nSPS) is 20.2. The molecule has 0 bridgehead atoms. The maximum atomic E-state index is 11.9. The zero-order valence-electron chi connectivity index (χ0n) is 13.2. The summed E-state index contributed by atoms with van der Waals surface area (Å²) < 4.78 is 14.7. The van der Waals surface area contributed by atoms with E-state index in [0.29, 0.717) is 26.1 Å². The molecule has 0 spiro atoms. The van der Waals surface area contributed by atoms with E-state index in [0.717, 1.165) is 5.75 Å². The van der Waals surface area contributed by atoms with Gasteiger partial charge >= 0.3 is 6.16 Å². The number of carbonyl (C=O) groups excluding carboxylic acids is 2. The van der Waals surface area contributed by atoms with E-state index < -0.39 is 12.3 Å². The molecule has 1 atom stereocenters. The van der Waals surface area contributed by atoms with Gasteiger partial charge in [0.2, 0.25) is 0 Å². The van der Waals surface area contributed by atoms with Crippen molar-refractivity contribution in [2.24, 2.45) is 0 Å². The van der Waals surface area contributed by atoms with Gasteiger partial charge < -0.3 is 14.2 Å². The minimum atomic E-state index is -0.817. The Hall–Kier alpha value is -2.34. The van der Waals surface area contributed by atoms with Gasteiger partial charge in [0.1, 0.15) is 5.75 Å². The summed E-state index contributed by atoms with van der Waals surface area (Å²) in [7, 11) is 2.88. The molecule has 1 aliphatic heterocycles. The lowest BCUT2D eigenvalue weighted by Crippen LogP contribution is -2.47. The van der Waals surface area contributed by atoms with Crippen LogP contribution in [0.3, 0.4) is 0 Å². The zero-order chi connectivity index (χ0) is 16.4. The Kier molecular flexibility index (Phi) is 4.34. The number of carbonyl (C=O) groups is 2. The number of rotatable bonds is 4. The average Bonchev–Trinajstić information content (AvgIpc) is 2.55. The highest BCUT2D eigenvalue weighted by Gasteiger charge is 2.32. The molecule has 1 heterocycles. The maximum Gasteiger partial charge on any atom is 0.508 e. The number of ether oxygens (including phenoxy) is 3. The first-order valence-electron chi connectivity index (χ1n) is 7.49. The number of fused-ring (bicyclic) bond motifs is 1. The molecule has 0 aromatic heterocycles. The van der Waals surface area contributed by atoms with Crippen LogP contribution in [0.1, 0.15) is 17.5 Å². The third kappa shape index (κ3) is 3.22. The van der Waals surface area contributed by atoms with E-state index in [2.05, 4.69) is 15.7 Å². The van der Waals surface area contributed by atoms with Gasteiger partial charge in [0, 0.05) is 26.1 Å². The van der Waals surface area contributed by atoms with Crippen molar-refractivity contribution >= 4 is 23.6 Å². The number of ketones is 1. The molecule has 1 unspecified atom stereocenters. The molecular formula is C17H19NO5. The number of piperidine rings is 1. The highest BCUT2D eigenvalue weighted by Crippen LogP contribution is 2.35. The molecule has 0 amide bonds. The Bertz CT molecular complexity index is 667. The van der Waals surface area contributed by atoms with Crippen molar-refractivity contribution in [2.75, 3.05) is 33.9 Å². The summed E-state index contributed by atoms with van der Waals surface area (Å²) in [6.07, 6.45) is 0.936. The van der Waals surface area contributed by atoms with Crippen LogP contribution in [0.4, 0.5) is 4.79 Å². The number of likely N-dealkylation sites (tertiary alicyclic amines) is 1. The predicted molar refractivity (Wildman–Crippen MR) is 84.2 cm³/mol. The van der Waals surface area contributed by atoms with E-state index in [1.165, 1.54) is 23.8 Å². The van der Waals surface area contributed by atoms with Gasteiger partial charge in [0.05, 0.1) is 14.2 Å². The first kappa shape index (κ1) is 15.6. The maximum absolute atomic E-state index is 11.9. The van der Waals surface area contributed by atoms with Crippen molar-refractivity contribution in [1.29, 1.82) is 0 Å². The summed E-state index contributed by atoms with van der Waals surface area (Å²) in [6.45, 7) is 1.77. The highest BCUT2D eigenvalue weighted by atomic mass is 16.7. The topological polar surface area (TPSA) is 65.1 Å². The SMILES string of the molecule is COC(=O)OC1CN(CC2=Cc3ccc(OC)cc32)CCC1=O. The molecule has 23 heavy (non-hydrogen) atoms. The van der Waals surface area contributed by atoms with E-state index in [-0.39, 0.29) is 5.78 Å². The largest absolute Gasteiger partial charge is 0.508 e. The van der Waals surface area contributed by atoms with Gasteiger partial charge in [-0.05, 0) is 34.9 Å². The van der Waals surface area contributed by atoms with Crippen molar-refractivity contribution in [2.45, 2.75) is 12.5 Å². The molecule has 0 N–H and O–H groups in total. The fourth-order valence-corrected chi connectivity index (χ4v) is 2.89. The van der Waals surface area contributed by atoms with Crippen molar-refractivity contribution in [3.8, 4) is 5.75 Å². The van der Waals surface area contributed by atoms with Crippen LogP contribution in [-0.2, 0) is 14.3 Å². The molecule has 1 aromatic rings. The summed E-state index contributed by atoms with van der Waals surface area (Å²) in [5, 5.41) is 0. The minimum absolute atomic E-state index is 0.0590. The molecule has 0 saturated carbocycles.